The maximum Gasteiger partial charge on any atom is 0.139 e. The van der Waals surface area contributed by atoms with Gasteiger partial charge in [-0.15, -0.1) is 0 Å². The molecule has 33 heavy (non-hydrogen) atoms. The number of rotatable bonds is 5. The third-order valence-electron chi connectivity index (χ3n) is 6.27. The van der Waals surface area contributed by atoms with Crippen molar-refractivity contribution in [2.75, 3.05) is 18.0 Å². The van der Waals surface area contributed by atoms with Crippen molar-refractivity contribution in [1.29, 1.82) is 0 Å². The van der Waals surface area contributed by atoms with E-state index >= 15 is 0 Å². The zero-order valence-corrected chi connectivity index (χ0v) is 18.4. The highest BCUT2D eigenvalue weighted by Gasteiger charge is 2.15. The summed E-state index contributed by atoms with van der Waals surface area (Å²) < 4.78 is 7.99. The minimum Gasteiger partial charge on any atom is -0.489 e. The maximum absolute atomic E-state index is 5.95. The smallest absolute Gasteiger partial charge is 0.139 e. The molecule has 0 amide bonds. The molecule has 0 aliphatic carbocycles. The Bertz CT molecular complexity index is 1410. The van der Waals surface area contributed by atoms with Crippen LogP contribution >= 0.6 is 0 Å². The number of fused-ring (bicyclic) bond motifs is 2. The SMILES string of the molecule is c1cncc(COc2ccc3c(c2)ncn3-c2ccc3cccc(N4CCCCC4)c3n2)c1. The fourth-order valence-corrected chi connectivity index (χ4v) is 4.56. The van der Waals surface area contributed by atoms with Crippen LogP contribution in [0.3, 0.4) is 0 Å². The van der Waals surface area contributed by atoms with Gasteiger partial charge in [-0.1, -0.05) is 18.2 Å². The Morgan fingerprint density at radius 2 is 1.85 bits per heavy atom. The van der Waals surface area contributed by atoms with Crippen LogP contribution in [0.25, 0.3) is 27.8 Å². The van der Waals surface area contributed by atoms with Gasteiger partial charge in [-0.2, -0.15) is 0 Å². The summed E-state index contributed by atoms with van der Waals surface area (Å²) in [4.78, 5) is 16.3. The van der Waals surface area contributed by atoms with Gasteiger partial charge in [-0.3, -0.25) is 9.55 Å². The molecule has 4 heterocycles. The van der Waals surface area contributed by atoms with Gasteiger partial charge in [0.1, 0.15) is 24.5 Å². The third-order valence-corrected chi connectivity index (χ3v) is 6.27. The predicted molar refractivity (Wildman–Crippen MR) is 131 cm³/mol. The van der Waals surface area contributed by atoms with E-state index in [4.69, 9.17) is 9.72 Å². The molecule has 0 bridgehead atoms. The monoisotopic (exact) mass is 435 g/mol. The Labute approximate surface area is 192 Å². The molecule has 0 unspecified atom stereocenters. The molecule has 164 valence electrons. The largest absolute Gasteiger partial charge is 0.489 e. The van der Waals surface area contributed by atoms with Gasteiger partial charge in [0.2, 0.25) is 0 Å². The van der Waals surface area contributed by atoms with E-state index in [0.717, 1.165) is 52.2 Å². The number of ether oxygens (including phenoxy) is 1. The van der Waals surface area contributed by atoms with Crippen molar-refractivity contribution in [3.63, 3.8) is 0 Å². The number of pyridine rings is 2. The average molecular weight is 436 g/mol. The molecule has 3 aromatic heterocycles. The zero-order chi connectivity index (χ0) is 22.0. The summed E-state index contributed by atoms with van der Waals surface area (Å²) in [6, 6.07) is 20.6. The number of anilines is 1. The quantitative estimate of drug-likeness (QED) is 0.363. The first-order valence-corrected chi connectivity index (χ1v) is 11.5. The topological polar surface area (TPSA) is 56.1 Å². The first-order valence-electron chi connectivity index (χ1n) is 11.5. The number of imidazole rings is 1. The van der Waals surface area contributed by atoms with Crippen molar-refractivity contribution in [2.45, 2.75) is 25.9 Å². The molecule has 6 nitrogen and oxygen atoms in total. The van der Waals surface area contributed by atoms with Gasteiger partial charge in [0.25, 0.3) is 0 Å². The molecule has 0 spiro atoms. The van der Waals surface area contributed by atoms with Crippen LogP contribution in [-0.2, 0) is 6.61 Å². The number of para-hydroxylation sites is 1. The van der Waals surface area contributed by atoms with E-state index in [1.165, 1.54) is 24.9 Å². The normalized spacial score (nSPS) is 14.1. The Kier molecular flexibility index (Phi) is 5.11. The van der Waals surface area contributed by atoms with E-state index in [9.17, 15) is 0 Å². The van der Waals surface area contributed by atoms with Crippen LogP contribution in [0.4, 0.5) is 5.69 Å². The molecule has 0 radical (unpaired) electrons. The predicted octanol–water partition coefficient (Wildman–Crippen LogP) is 5.54. The van der Waals surface area contributed by atoms with E-state index in [1.807, 2.05) is 47.4 Å². The third kappa shape index (κ3) is 3.89. The molecule has 0 saturated carbocycles. The van der Waals surface area contributed by atoms with Gasteiger partial charge >= 0.3 is 0 Å². The van der Waals surface area contributed by atoms with E-state index in [-0.39, 0.29) is 0 Å². The first-order chi connectivity index (χ1) is 16.3. The summed E-state index contributed by atoms with van der Waals surface area (Å²) in [6.45, 7) is 2.67. The minimum atomic E-state index is 0.478. The Hall–Kier alpha value is -3.93. The molecule has 1 saturated heterocycles. The minimum absolute atomic E-state index is 0.478. The zero-order valence-electron chi connectivity index (χ0n) is 18.4. The van der Waals surface area contributed by atoms with Crippen molar-refractivity contribution in [3.05, 3.63) is 84.9 Å². The second-order valence-electron chi connectivity index (χ2n) is 8.48. The van der Waals surface area contributed by atoms with Gasteiger partial charge in [0.05, 0.1) is 22.2 Å². The number of nitrogens with zero attached hydrogens (tertiary/aromatic N) is 5. The standard InChI is InChI=1S/C27H25N5O/c1-2-14-31(15-3-1)25-8-4-7-21-9-12-26(30-27(21)25)32-19-29-23-16-22(10-11-24(23)32)33-18-20-6-5-13-28-17-20/h4-13,16-17,19H,1-3,14-15,18H2. The Balaban J connectivity index is 1.32. The van der Waals surface area contributed by atoms with Crippen molar-refractivity contribution in [2.24, 2.45) is 0 Å². The van der Waals surface area contributed by atoms with E-state index in [1.54, 1.807) is 6.20 Å². The highest BCUT2D eigenvalue weighted by Crippen LogP contribution is 2.30. The van der Waals surface area contributed by atoms with Crippen molar-refractivity contribution < 1.29 is 4.74 Å². The molecule has 6 heteroatoms. The average Bonchev–Trinajstić information content (AvgIpc) is 3.31. The first kappa shape index (κ1) is 19.7. The van der Waals surface area contributed by atoms with Crippen molar-refractivity contribution in [3.8, 4) is 11.6 Å². The van der Waals surface area contributed by atoms with Crippen LogP contribution < -0.4 is 9.64 Å². The van der Waals surface area contributed by atoms with Gasteiger partial charge in [0, 0.05) is 42.5 Å². The van der Waals surface area contributed by atoms with Crippen LogP contribution in [-0.4, -0.2) is 32.6 Å². The number of hydrogen-bond acceptors (Lipinski definition) is 5. The summed E-state index contributed by atoms with van der Waals surface area (Å²) in [7, 11) is 0. The van der Waals surface area contributed by atoms with Crippen molar-refractivity contribution >= 4 is 27.6 Å². The van der Waals surface area contributed by atoms with Crippen LogP contribution in [0, 0.1) is 0 Å². The lowest BCUT2D eigenvalue weighted by Gasteiger charge is -2.29. The molecule has 0 N–H and O–H groups in total. The molecular formula is C27H25N5O. The second kappa shape index (κ2) is 8.54. The van der Waals surface area contributed by atoms with Crippen molar-refractivity contribution in [1.82, 2.24) is 19.5 Å². The number of benzene rings is 2. The second-order valence-corrected chi connectivity index (χ2v) is 8.48. The molecular weight excluding hydrogens is 410 g/mol. The van der Waals surface area contributed by atoms with Crippen LogP contribution in [0.1, 0.15) is 24.8 Å². The fraction of sp³-hybridized carbons (Fsp3) is 0.222. The summed E-state index contributed by atoms with van der Waals surface area (Å²) in [6.07, 6.45) is 9.22. The highest BCUT2D eigenvalue weighted by molar-refractivity contribution is 5.92. The number of piperidine rings is 1. The molecule has 1 fully saturated rings. The molecule has 6 rings (SSSR count). The van der Waals surface area contributed by atoms with Gasteiger partial charge in [-0.25, -0.2) is 9.97 Å². The lowest BCUT2D eigenvalue weighted by Crippen LogP contribution is -2.29. The number of aromatic nitrogens is 4. The summed E-state index contributed by atoms with van der Waals surface area (Å²) in [5, 5.41) is 1.16. The summed E-state index contributed by atoms with van der Waals surface area (Å²) in [5.41, 5.74) is 5.20. The lowest BCUT2D eigenvalue weighted by atomic mass is 10.1. The molecule has 5 aromatic rings. The van der Waals surface area contributed by atoms with Crippen LogP contribution in [0.15, 0.2) is 79.4 Å². The Morgan fingerprint density at radius 3 is 2.73 bits per heavy atom. The molecule has 2 aromatic carbocycles. The van der Waals surface area contributed by atoms with Gasteiger partial charge in [-0.05, 0) is 55.7 Å². The molecule has 0 atom stereocenters. The van der Waals surface area contributed by atoms with E-state index < -0.39 is 0 Å². The highest BCUT2D eigenvalue weighted by atomic mass is 16.5. The maximum atomic E-state index is 5.95. The van der Waals surface area contributed by atoms with Gasteiger partial charge < -0.3 is 9.64 Å². The molecule has 1 aliphatic rings. The van der Waals surface area contributed by atoms with E-state index in [2.05, 4.69) is 45.2 Å². The molecule has 1 aliphatic heterocycles. The Morgan fingerprint density at radius 1 is 0.909 bits per heavy atom. The summed E-state index contributed by atoms with van der Waals surface area (Å²) in [5.74, 6) is 1.66. The van der Waals surface area contributed by atoms with Gasteiger partial charge in [0.15, 0.2) is 0 Å². The van der Waals surface area contributed by atoms with Crippen LogP contribution in [0.5, 0.6) is 5.75 Å². The lowest BCUT2D eigenvalue weighted by molar-refractivity contribution is 0.306. The van der Waals surface area contributed by atoms with E-state index in [0.29, 0.717) is 6.61 Å². The number of hydrogen-bond donors (Lipinski definition) is 0. The summed E-state index contributed by atoms with van der Waals surface area (Å²) >= 11 is 0. The van der Waals surface area contributed by atoms with Crippen LogP contribution in [0.2, 0.25) is 0 Å². The fourth-order valence-electron chi connectivity index (χ4n) is 4.56.